The molecule has 2 N–H and O–H groups in total. The molecule has 0 aliphatic carbocycles. The summed E-state index contributed by atoms with van der Waals surface area (Å²) in [4.78, 5) is 4.58. The van der Waals surface area contributed by atoms with Gasteiger partial charge in [0, 0.05) is 17.1 Å². The molecule has 2 aromatic rings. The summed E-state index contributed by atoms with van der Waals surface area (Å²) in [6, 6.07) is 10.5. The fourth-order valence-electron chi connectivity index (χ4n) is 2.76. The highest BCUT2D eigenvalue weighted by atomic mass is 14.7. The maximum atomic E-state index is 6.45. The summed E-state index contributed by atoms with van der Waals surface area (Å²) < 4.78 is 0. The van der Waals surface area contributed by atoms with Crippen LogP contribution in [0.2, 0.25) is 0 Å². The Morgan fingerprint density at radius 2 is 1.84 bits per heavy atom. The van der Waals surface area contributed by atoms with Gasteiger partial charge < -0.3 is 5.73 Å². The molecular formula is C17H24N2. The van der Waals surface area contributed by atoms with E-state index >= 15 is 0 Å². The van der Waals surface area contributed by atoms with Crippen molar-refractivity contribution >= 4 is 10.9 Å². The van der Waals surface area contributed by atoms with Crippen LogP contribution in [0.5, 0.6) is 0 Å². The molecule has 1 aromatic carbocycles. The summed E-state index contributed by atoms with van der Waals surface area (Å²) in [6.45, 7) is 6.54. The number of para-hydroxylation sites is 1. The van der Waals surface area contributed by atoms with Gasteiger partial charge in [-0.3, -0.25) is 4.98 Å². The third-order valence-corrected chi connectivity index (χ3v) is 4.02. The Bertz CT molecular complexity index is 544. The van der Waals surface area contributed by atoms with Crippen LogP contribution in [0.3, 0.4) is 0 Å². The van der Waals surface area contributed by atoms with Gasteiger partial charge in [0.1, 0.15) is 0 Å². The van der Waals surface area contributed by atoms with Gasteiger partial charge >= 0.3 is 0 Å². The first-order chi connectivity index (χ1) is 9.15. The van der Waals surface area contributed by atoms with Crippen molar-refractivity contribution in [1.29, 1.82) is 0 Å². The molecule has 2 nitrogen and oxygen atoms in total. The largest absolute Gasteiger partial charge is 0.324 e. The van der Waals surface area contributed by atoms with E-state index in [4.69, 9.17) is 5.73 Å². The lowest BCUT2D eigenvalue weighted by Crippen LogP contribution is -2.16. The molecule has 0 bridgehead atoms. The van der Waals surface area contributed by atoms with Gasteiger partial charge in [-0.2, -0.15) is 0 Å². The fraction of sp³-hybridized carbons (Fsp3) is 0.471. The Morgan fingerprint density at radius 3 is 2.53 bits per heavy atom. The minimum atomic E-state index is 0.108. The Kier molecular flexibility index (Phi) is 4.54. The van der Waals surface area contributed by atoms with Gasteiger partial charge in [0.05, 0.1) is 5.52 Å². The molecule has 2 heteroatoms. The molecule has 1 aromatic heterocycles. The van der Waals surface area contributed by atoms with Crippen LogP contribution in [-0.2, 0) is 0 Å². The van der Waals surface area contributed by atoms with Gasteiger partial charge in [-0.05, 0) is 37.0 Å². The molecule has 0 saturated carbocycles. The average molecular weight is 256 g/mol. The molecule has 0 aliphatic rings. The van der Waals surface area contributed by atoms with Crippen LogP contribution in [0.1, 0.15) is 50.4 Å². The maximum absolute atomic E-state index is 6.45. The third kappa shape index (κ3) is 3.13. The monoisotopic (exact) mass is 256 g/mol. The molecule has 2 rings (SSSR count). The molecule has 1 unspecified atom stereocenters. The topological polar surface area (TPSA) is 38.9 Å². The van der Waals surface area contributed by atoms with Gasteiger partial charge in [0.15, 0.2) is 0 Å². The standard InChI is InChI=1S/C17H24N2/c1-4-13(5-2)11-16(18)15-10-12(3)19-17-9-7-6-8-14(15)17/h6-10,13,16H,4-5,11,18H2,1-3H3. The van der Waals surface area contributed by atoms with E-state index in [-0.39, 0.29) is 6.04 Å². The quantitative estimate of drug-likeness (QED) is 0.862. The van der Waals surface area contributed by atoms with E-state index in [1.165, 1.54) is 23.8 Å². The van der Waals surface area contributed by atoms with Gasteiger partial charge in [-0.1, -0.05) is 44.9 Å². The van der Waals surface area contributed by atoms with Crippen molar-refractivity contribution in [3.8, 4) is 0 Å². The van der Waals surface area contributed by atoms with Gasteiger partial charge in [-0.15, -0.1) is 0 Å². The highest BCUT2D eigenvalue weighted by Gasteiger charge is 2.15. The summed E-state index contributed by atoms with van der Waals surface area (Å²) in [5.41, 5.74) is 9.80. The number of nitrogens with two attached hydrogens (primary N) is 1. The van der Waals surface area contributed by atoms with Crippen molar-refractivity contribution < 1.29 is 0 Å². The molecule has 0 fully saturated rings. The minimum Gasteiger partial charge on any atom is -0.324 e. The predicted octanol–water partition coefficient (Wildman–Crippen LogP) is 4.37. The van der Waals surface area contributed by atoms with Crippen LogP contribution in [0.25, 0.3) is 10.9 Å². The van der Waals surface area contributed by atoms with Crippen LogP contribution in [0.4, 0.5) is 0 Å². The zero-order valence-corrected chi connectivity index (χ0v) is 12.2. The first-order valence-electron chi connectivity index (χ1n) is 7.27. The van der Waals surface area contributed by atoms with E-state index in [1.54, 1.807) is 0 Å². The molecule has 0 spiro atoms. The van der Waals surface area contributed by atoms with Crippen molar-refractivity contribution in [2.75, 3.05) is 0 Å². The number of hydrogen-bond acceptors (Lipinski definition) is 2. The van der Waals surface area contributed by atoms with E-state index in [1.807, 2.05) is 13.0 Å². The average Bonchev–Trinajstić information content (AvgIpc) is 2.43. The Balaban J connectivity index is 2.38. The van der Waals surface area contributed by atoms with E-state index in [9.17, 15) is 0 Å². The Hall–Kier alpha value is -1.41. The van der Waals surface area contributed by atoms with Crippen LogP contribution < -0.4 is 5.73 Å². The Labute approximate surface area is 116 Å². The second-order valence-corrected chi connectivity index (χ2v) is 5.39. The lowest BCUT2D eigenvalue weighted by molar-refractivity contribution is 0.415. The number of aryl methyl sites for hydroxylation is 1. The molecule has 0 saturated heterocycles. The molecular weight excluding hydrogens is 232 g/mol. The van der Waals surface area contributed by atoms with Crippen molar-refractivity contribution in [3.63, 3.8) is 0 Å². The lowest BCUT2D eigenvalue weighted by Gasteiger charge is -2.20. The Morgan fingerprint density at radius 1 is 1.16 bits per heavy atom. The molecule has 102 valence electrons. The van der Waals surface area contributed by atoms with Crippen LogP contribution >= 0.6 is 0 Å². The van der Waals surface area contributed by atoms with Crippen LogP contribution in [0, 0.1) is 12.8 Å². The van der Waals surface area contributed by atoms with Crippen LogP contribution in [0.15, 0.2) is 30.3 Å². The number of rotatable bonds is 5. The zero-order valence-electron chi connectivity index (χ0n) is 12.2. The van der Waals surface area contributed by atoms with Crippen molar-refractivity contribution in [2.45, 2.75) is 46.1 Å². The summed E-state index contributed by atoms with van der Waals surface area (Å²) in [5.74, 6) is 0.710. The number of hydrogen-bond donors (Lipinski definition) is 1. The third-order valence-electron chi connectivity index (χ3n) is 4.02. The maximum Gasteiger partial charge on any atom is 0.0708 e. The van der Waals surface area contributed by atoms with E-state index < -0.39 is 0 Å². The van der Waals surface area contributed by atoms with Crippen molar-refractivity contribution in [3.05, 3.63) is 41.6 Å². The molecule has 0 radical (unpaired) electrons. The fourth-order valence-corrected chi connectivity index (χ4v) is 2.76. The summed E-state index contributed by atoms with van der Waals surface area (Å²) in [6.07, 6.45) is 3.46. The molecule has 1 heterocycles. The summed E-state index contributed by atoms with van der Waals surface area (Å²) in [5, 5.41) is 1.20. The minimum absolute atomic E-state index is 0.108. The number of pyridine rings is 1. The summed E-state index contributed by atoms with van der Waals surface area (Å²) in [7, 11) is 0. The lowest BCUT2D eigenvalue weighted by atomic mass is 9.90. The van der Waals surface area contributed by atoms with Gasteiger partial charge in [-0.25, -0.2) is 0 Å². The van der Waals surface area contributed by atoms with Crippen molar-refractivity contribution in [2.24, 2.45) is 11.7 Å². The number of fused-ring (bicyclic) bond motifs is 1. The highest BCUT2D eigenvalue weighted by molar-refractivity contribution is 5.82. The second kappa shape index (κ2) is 6.16. The molecule has 0 amide bonds. The SMILES string of the molecule is CCC(CC)CC(N)c1cc(C)nc2ccccc12. The summed E-state index contributed by atoms with van der Waals surface area (Å²) >= 11 is 0. The first-order valence-corrected chi connectivity index (χ1v) is 7.27. The number of aromatic nitrogens is 1. The van der Waals surface area contributed by atoms with E-state index in [0.717, 1.165) is 17.6 Å². The molecule has 19 heavy (non-hydrogen) atoms. The van der Waals surface area contributed by atoms with Crippen molar-refractivity contribution in [1.82, 2.24) is 4.98 Å². The zero-order chi connectivity index (χ0) is 13.8. The number of nitrogens with zero attached hydrogens (tertiary/aromatic N) is 1. The molecule has 0 aliphatic heterocycles. The normalized spacial score (nSPS) is 13.1. The van der Waals surface area contributed by atoms with Crippen LogP contribution in [-0.4, -0.2) is 4.98 Å². The van der Waals surface area contributed by atoms with Gasteiger partial charge in [0.2, 0.25) is 0 Å². The highest BCUT2D eigenvalue weighted by Crippen LogP contribution is 2.28. The van der Waals surface area contributed by atoms with E-state index in [2.05, 4.69) is 43.1 Å². The first kappa shape index (κ1) is 14.0. The van der Waals surface area contributed by atoms with Gasteiger partial charge in [0.25, 0.3) is 0 Å². The predicted molar refractivity (Wildman–Crippen MR) is 82.1 cm³/mol. The smallest absolute Gasteiger partial charge is 0.0708 e. The molecule has 1 atom stereocenters. The van der Waals surface area contributed by atoms with E-state index in [0.29, 0.717) is 5.92 Å². The number of benzene rings is 1. The second-order valence-electron chi connectivity index (χ2n) is 5.39.